The molecule has 1 heteroatoms. The number of hydrogen-bond acceptors (Lipinski definition) is 1. The third-order valence-corrected chi connectivity index (χ3v) is 3.14. The SMILES string of the molecule is CCCCNC1C[C@@H](C)C[C@@H](C)C1. The van der Waals surface area contributed by atoms with Crippen molar-refractivity contribution in [2.75, 3.05) is 6.54 Å². The summed E-state index contributed by atoms with van der Waals surface area (Å²) in [5.74, 6) is 1.87. The van der Waals surface area contributed by atoms with Crippen LogP contribution < -0.4 is 5.32 Å². The first kappa shape index (κ1) is 11.0. The first-order valence-electron chi connectivity index (χ1n) is 5.95. The molecule has 0 aromatic heterocycles. The Bertz CT molecular complexity index is 123. The van der Waals surface area contributed by atoms with Gasteiger partial charge in [0, 0.05) is 6.04 Å². The van der Waals surface area contributed by atoms with E-state index in [-0.39, 0.29) is 0 Å². The number of nitrogens with one attached hydrogen (secondary N) is 1. The predicted molar refractivity (Wildman–Crippen MR) is 58.9 cm³/mol. The summed E-state index contributed by atoms with van der Waals surface area (Å²) in [5.41, 5.74) is 0. The lowest BCUT2D eigenvalue weighted by molar-refractivity contribution is 0.239. The molecule has 1 aliphatic carbocycles. The molecule has 13 heavy (non-hydrogen) atoms. The normalized spacial score (nSPS) is 34.8. The minimum absolute atomic E-state index is 0.810. The van der Waals surface area contributed by atoms with E-state index in [0.717, 1.165) is 17.9 Å². The highest BCUT2D eigenvalue weighted by Crippen LogP contribution is 2.28. The molecule has 0 aromatic carbocycles. The highest BCUT2D eigenvalue weighted by molar-refractivity contribution is 4.79. The highest BCUT2D eigenvalue weighted by atomic mass is 14.9. The predicted octanol–water partition coefficient (Wildman–Crippen LogP) is 3.20. The monoisotopic (exact) mass is 183 g/mol. The van der Waals surface area contributed by atoms with Crippen molar-refractivity contribution >= 4 is 0 Å². The average Bonchev–Trinajstić information content (AvgIpc) is 2.03. The van der Waals surface area contributed by atoms with Crippen molar-refractivity contribution in [3.8, 4) is 0 Å². The van der Waals surface area contributed by atoms with Gasteiger partial charge < -0.3 is 5.32 Å². The molecule has 0 saturated heterocycles. The Hall–Kier alpha value is -0.0400. The zero-order valence-electron chi connectivity index (χ0n) is 9.47. The Kier molecular flexibility index (Phi) is 4.79. The van der Waals surface area contributed by atoms with E-state index in [1.165, 1.54) is 38.6 Å². The van der Waals surface area contributed by atoms with Crippen molar-refractivity contribution in [2.24, 2.45) is 11.8 Å². The van der Waals surface area contributed by atoms with E-state index in [2.05, 4.69) is 26.1 Å². The second kappa shape index (κ2) is 5.64. The first-order valence-corrected chi connectivity index (χ1v) is 5.95. The van der Waals surface area contributed by atoms with Gasteiger partial charge in [0.2, 0.25) is 0 Å². The number of hydrogen-bond donors (Lipinski definition) is 1. The molecule has 0 heterocycles. The van der Waals surface area contributed by atoms with Gasteiger partial charge in [0.15, 0.2) is 0 Å². The van der Waals surface area contributed by atoms with Gasteiger partial charge in [-0.1, -0.05) is 27.2 Å². The third kappa shape index (κ3) is 4.12. The first-order chi connectivity index (χ1) is 6.22. The second-order valence-electron chi connectivity index (χ2n) is 4.92. The lowest BCUT2D eigenvalue weighted by atomic mass is 9.80. The van der Waals surface area contributed by atoms with Crippen LogP contribution in [0.3, 0.4) is 0 Å². The van der Waals surface area contributed by atoms with Crippen molar-refractivity contribution in [1.82, 2.24) is 5.32 Å². The standard InChI is InChI=1S/C12H25N/c1-4-5-6-13-12-8-10(2)7-11(3)9-12/h10-13H,4-9H2,1-3H3/t10-,11+,12?. The Morgan fingerprint density at radius 3 is 2.23 bits per heavy atom. The van der Waals surface area contributed by atoms with Crippen LogP contribution in [0.2, 0.25) is 0 Å². The molecule has 0 aliphatic heterocycles. The van der Waals surface area contributed by atoms with Gasteiger partial charge in [0.25, 0.3) is 0 Å². The van der Waals surface area contributed by atoms with E-state index < -0.39 is 0 Å². The molecule has 1 saturated carbocycles. The number of rotatable bonds is 4. The molecule has 1 fully saturated rings. The highest BCUT2D eigenvalue weighted by Gasteiger charge is 2.22. The Morgan fingerprint density at radius 2 is 1.69 bits per heavy atom. The molecule has 0 amide bonds. The van der Waals surface area contributed by atoms with Crippen molar-refractivity contribution < 1.29 is 0 Å². The van der Waals surface area contributed by atoms with Gasteiger partial charge in [-0.2, -0.15) is 0 Å². The zero-order chi connectivity index (χ0) is 9.68. The van der Waals surface area contributed by atoms with Gasteiger partial charge in [0.05, 0.1) is 0 Å². The van der Waals surface area contributed by atoms with Crippen molar-refractivity contribution in [2.45, 2.75) is 58.9 Å². The second-order valence-corrected chi connectivity index (χ2v) is 4.92. The lowest BCUT2D eigenvalue weighted by Gasteiger charge is -2.32. The van der Waals surface area contributed by atoms with E-state index in [1.54, 1.807) is 0 Å². The summed E-state index contributed by atoms with van der Waals surface area (Å²) in [5, 5.41) is 3.68. The van der Waals surface area contributed by atoms with E-state index in [1.807, 2.05) is 0 Å². The van der Waals surface area contributed by atoms with E-state index in [4.69, 9.17) is 0 Å². The molecule has 0 bridgehead atoms. The Labute approximate surface area is 83.3 Å². The molecular weight excluding hydrogens is 158 g/mol. The fourth-order valence-corrected chi connectivity index (χ4v) is 2.60. The van der Waals surface area contributed by atoms with Crippen LogP contribution in [0, 0.1) is 11.8 Å². The van der Waals surface area contributed by atoms with Crippen LogP contribution in [0.15, 0.2) is 0 Å². The number of unbranched alkanes of at least 4 members (excludes halogenated alkanes) is 1. The fraction of sp³-hybridized carbons (Fsp3) is 1.00. The van der Waals surface area contributed by atoms with Crippen LogP contribution in [0.4, 0.5) is 0 Å². The lowest BCUT2D eigenvalue weighted by Crippen LogP contribution is -2.36. The summed E-state index contributed by atoms with van der Waals surface area (Å²) in [4.78, 5) is 0. The molecule has 0 aromatic rings. The summed E-state index contributed by atoms with van der Waals surface area (Å²) in [6.07, 6.45) is 6.87. The zero-order valence-corrected chi connectivity index (χ0v) is 9.47. The molecule has 0 radical (unpaired) electrons. The van der Waals surface area contributed by atoms with Gasteiger partial charge in [-0.15, -0.1) is 0 Å². The van der Waals surface area contributed by atoms with Crippen molar-refractivity contribution in [3.63, 3.8) is 0 Å². The Morgan fingerprint density at radius 1 is 1.08 bits per heavy atom. The van der Waals surface area contributed by atoms with Crippen molar-refractivity contribution in [1.29, 1.82) is 0 Å². The Balaban J connectivity index is 2.17. The van der Waals surface area contributed by atoms with Crippen molar-refractivity contribution in [3.05, 3.63) is 0 Å². The van der Waals surface area contributed by atoms with Gasteiger partial charge >= 0.3 is 0 Å². The minimum atomic E-state index is 0.810. The van der Waals surface area contributed by atoms with Crippen LogP contribution in [-0.4, -0.2) is 12.6 Å². The molecule has 1 aliphatic rings. The summed E-state index contributed by atoms with van der Waals surface area (Å²) in [6, 6.07) is 0.810. The minimum Gasteiger partial charge on any atom is -0.314 e. The molecule has 1 unspecified atom stereocenters. The molecule has 78 valence electrons. The van der Waals surface area contributed by atoms with Crippen LogP contribution in [0.5, 0.6) is 0 Å². The fourth-order valence-electron chi connectivity index (χ4n) is 2.60. The van der Waals surface area contributed by atoms with Gasteiger partial charge in [0.1, 0.15) is 0 Å². The largest absolute Gasteiger partial charge is 0.314 e. The summed E-state index contributed by atoms with van der Waals surface area (Å²) in [7, 11) is 0. The van der Waals surface area contributed by atoms with E-state index in [0.29, 0.717) is 0 Å². The molecule has 1 rings (SSSR count). The van der Waals surface area contributed by atoms with Crippen LogP contribution in [-0.2, 0) is 0 Å². The van der Waals surface area contributed by atoms with Crippen LogP contribution >= 0.6 is 0 Å². The van der Waals surface area contributed by atoms with Crippen LogP contribution in [0.1, 0.15) is 52.9 Å². The molecule has 1 nitrogen and oxygen atoms in total. The van der Waals surface area contributed by atoms with Gasteiger partial charge in [-0.05, 0) is 44.1 Å². The average molecular weight is 183 g/mol. The van der Waals surface area contributed by atoms with E-state index >= 15 is 0 Å². The van der Waals surface area contributed by atoms with Gasteiger partial charge in [-0.3, -0.25) is 0 Å². The maximum atomic E-state index is 3.68. The third-order valence-electron chi connectivity index (χ3n) is 3.14. The quantitative estimate of drug-likeness (QED) is 0.660. The summed E-state index contributed by atoms with van der Waals surface area (Å²) >= 11 is 0. The maximum Gasteiger partial charge on any atom is 0.00721 e. The molecule has 0 spiro atoms. The molecule has 3 atom stereocenters. The maximum absolute atomic E-state index is 3.68. The summed E-state index contributed by atoms with van der Waals surface area (Å²) < 4.78 is 0. The van der Waals surface area contributed by atoms with Gasteiger partial charge in [-0.25, -0.2) is 0 Å². The smallest absolute Gasteiger partial charge is 0.00721 e. The topological polar surface area (TPSA) is 12.0 Å². The summed E-state index contributed by atoms with van der Waals surface area (Å²) in [6.45, 7) is 8.27. The molecular formula is C12H25N. The van der Waals surface area contributed by atoms with Crippen LogP contribution in [0.25, 0.3) is 0 Å². The molecule has 1 N–H and O–H groups in total. The van der Waals surface area contributed by atoms with E-state index in [9.17, 15) is 0 Å².